The van der Waals surface area contributed by atoms with Crippen molar-refractivity contribution < 1.29 is 9.66 Å². The smallest absolute Gasteiger partial charge is 0.269 e. The van der Waals surface area contributed by atoms with Crippen molar-refractivity contribution in [2.45, 2.75) is 20.4 Å². The van der Waals surface area contributed by atoms with E-state index in [1.165, 1.54) is 12.1 Å². The Morgan fingerprint density at radius 2 is 1.65 bits per heavy atom. The number of ether oxygens (including phenoxy) is 1. The molecule has 4 rings (SSSR count). The van der Waals surface area contributed by atoms with E-state index in [0.717, 1.165) is 45.1 Å². The van der Waals surface area contributed by atoms with E-state index in [1.54, 1.807) is 19.2 Å². The molecule has 1 aromatic heterocycles. The third-order valence-corrected chi connectivity index (χ3v) is 5.76. The average molecular weight is 455 g/mol. The number of rotatable bonds is 8. The van der Waals surface area contributed by atoms with Crippen molar-refractivity contribution in [2.24, 2.45) is 5.10 Å². The van der Waals surface area contributed by atoms with Gasteiger partial charge in [-0.2, -0.15) is 5.10 Å². The molecule has 0 unspecified atom stereocenters. The first-order valence-corrected chi connectivity index (χ1v) is 10.9. The molecule has 1 N–H and O–H groups in total. The van der Waals surface area contributed by atoms with Gasteiger partial charge in [0.1, 0.15) is 5.75 Å². The van der Waals surface area contributed by atoms with Gasteiger partial charge in [0.2, 0.25) is 0 Å². The second-order valence-corrected chi connectivity index (χ2v) is 7.92. The van der Waals surface area contributed by atoms with Gasteiger partial charge in [0, 0.05) is 40.3 Å². The predicted octanol–water partition coefficient (Wildman–Crippen LogP) is 5.80. The first-order valence-electron chi connectivity index (χ1n) is 10.9. The number of methoxy groups -OCH3 is 1. The molecule has 0 amide bonds. The molecule has 0 radical (unpaired) electrons. The third kappa shape index (κ3) is 4.83. The van der Waals surface area contributed by atoms with Gasteiger partial charge in [-0.1, -0.05) is 30.3 Å². The number of hydrazone groups is 1. The highest BCUT2D eigenvalue weighted by atomic mass is 16.6. The number of aryl methyl sites for hydroxylation is 1. The molecule has 0 bridgehead atoms. The van der Waals surface area contributed by atoms with Crippen LogP contribution in [0, 0.1) is 24.0 Å². The number of para-hydroxylation sites is 1. The Balaban J connectivity index is 1.48. The fourth-order valence-corrected chi connectivity index (χ4v) is 3.99. The van der Waals surface area contributed by atoms with Crippen LogP contribution in [0.15, 0.2) is 84.0 Å². The van der Waals surface area contributed by atoms with Crippen molar-refractivity contribution >= 4 is 11.9 Å². The summed E-state index contributed by atoms with van der Waals surface area (Å²) in [6, 6.07) is 24.7. The van der Waals surface area contributed by atoms with Crippen LogP contribution in [0.1, 0.15) is 22.5 Å². The van der Waals surface area contributed by atoms with Gasteiger partial charge in [-0.05, 0) is 61.4 Å². The molecule has 0 fully saturated rings. The highest BCUT2D eigenvalue weighted by molar-refractivity contribution is 5.82. The highest BCUT2D eigenvalue weighted by Gasteiger charge is 2.10. The number of hydrogen-bond donors (Lipinski definition) is 1. The van der Waals surface area contributed by atoms with Crippen LogP contribution < -0.4 is 10.2 Å². The summed E-state index contributed by atoms with van der Waals surface area (Å²) in [4.78, 5) is 10.5. The minimum Gasteiger partial charge on any atom is -0.496 e. The molecule has 3 aromatic carbocycles. The number of aromatic nitrogens is 1. The monoisotopic (exact) mass is 454 g/mol. The first kappa shape index (κ1) is 22.8. The molecule has 7 heteroatoms. The zero-order valence-corrected chi connectivity index (χ0v) is 19.4. The van der Waals surface area contributed by atoms with Crippen LogP contribution in [-0.2, 0) is 6.54 Å². The second-order valence-electron chi connectivity index (χ2n) is 7.92. The van der Waals surface area contributed by atoms with Gasteiger partial charge in [0.25, 0.3) is 5.69 Å². The summed E-state index contributed by atoms with van der Waals surface area (Å²) in [5.74, 6) is 0.834. The lowest BCUT2D eigenvalue weighted by atomic mass is 10.0. The number of nitro benzene ring substituents is 1. The SMILES string of the molecule is COc1ccccc1CN/N=C\c1cc(C)n(-c2ccc(-c3ccc([N+](=O)[O-])cc3)cc2)c1C. The Morgan fingerprint density at radius 3 is 2.29 bits per heavy atom. The van der Waals surface area contributed by atoms with Crippen LogP contribution in [0.2, 0.25) is 0 Å². The van der Waals surface area contributed by atoms with E-state index >= 15 is 0 Å². The topological polar surface area (TPSA) is 81.7 Å². The van der Waals surface area contributed by atoms with Crippen LogP contribution in [-0.4, -0.2) is 22.8 Å². The van der Waals surface area contributed by atoms with Gasteiger partial charge < -0.3 is 14.7 Å². The summed E-state index contributed by atoms with van der Waals surface area (Å²) < 4.78 is 7.56. The maximum absolute atomic E-state index is 10.9. The Hall–Kier alpha value is -4.39. The first-order chi connectivity index (χ1) is 16.5. The van der Waals surface area contributed by atoms with Crippen LogP contribution >= 0.6 is 0 Å². The van der Waals surface area contributed by atoms with Gasteiger partial charge >= 0.3 is 0 Å². The molecule has 0 aliphatic rings. The van der Waals surface area contributed by atoms with Crippen molar-refractivity contribution in [2.75, 3.05) is 7.11 Å². The van der Waals surface area contributed by atoms with Gasteiger partial charge in [-0.15, -0.1) is 0 Å². The lowest BCUT2D eigenvalue weighted by Crippen LogP contribution is -2.07. The van der Waals surface area contributed by atoms with E-state index in [-0.39, 0.29) is 10.6 Å². The van der Waals surface area contributed by atoms with Crippen LogP contribution in [0.3, 0.4) is 0 Å². The summed E-state index contributed by atoms with van der Waals surface area (Å²) in [6.07, 6.45) is 1.83. The van der Waals surface area contributed by atoms with Gasteiger partial charge in [-0.3, -0.25) is 10.1 Å². The van der Waals surface area contributed by atoms with E-state index in [9.17, 15) is 10.1 Å². The van der Waals surface area contributed by atoms with Crippen molar-refractivity contribution in [1.82, 2.24) is 9.99 Å². The van der Waals surface area contributed by atoms with Crippen molar-refractivity contribution in [1.29, 1.82) is 0 Å². The second kappa shape index (κ2) is 10.0. The lowest BCUT2D eigenvalue weighted by Gasteiger charge is -2.11. The fraction of sp³-hybridized carbons (Fsp3) is 0.148. The third-order valence-electron chi connectivity index (χ3n) is 5.76. The molecular formula is C27H26N4O3. The number of benzene rings is 3. The molecule has 0 spiro atoms. The fourth-order valence-electron chi connectivity index (χ4n) is 3.99. The predicted molar refractivity (Wildman–Crippen MR) is 135 cm³/mol. The lowest BCUT2D eigenvalue weighted by molar-refractivity contribution is -0.384. The summed E-state index contributed by atoms with van der Waals surface area (Å²) in [7, 11) is 1.66. The average Bonchev–Trinajstić information content (AvgIpc) is 3.14. The van der Waals surface area contributed by atoms with Crippen molar-refractivity contribution in [3.63, 3.8) is 0 Å². The number of nitrogens with zero attached hydrogens (tertiary/aromatic N) is 3. The largest absolute Gasteiger partial charge is 0.496 e. The maximum Gasteiger partial charge on any atom is 0.269 e. The molecule has 4 aromatic rings. The quantitative estimate of drug-likeness (QED) is 0.207. The van der Waals surface area contributed by atoms with Crippen molar-refractivity contribution in [3.05, 3.63) is 111 Å². The Bertz CT molecular complexity index is 1320. The number of hydrogen-bond acceptors (Lipinski definition) is 5. The Morgan fingerprint density at radius 1 is 1.00 bits per heavy atom. The molecular weight excluding hydrogens is 428 g/mol. The van der Waals surface area contributed by atoms with E-state index < -0.39 is 0 Å². The van der Waals surface area contributed by atoms with Crippen LogP contribution in [0.4, 0.5) is 5.69 Å². The normalized spacial score (nSPS) is 11.0. The van der Waals surface area contributed by atoms with Crippen LogP contribution in [0.5, 0.6) is 5.75 Å². The Kier molecular flexibility index (Phi) is 6.73. The van der Waals surface area contributed by atoms with Gasteiger partial charge in [-0.25, -0.2) is 0 Å². The summed E-state index contributed by atoms with van der Waals surface area (Å²) in [6.45, 7) is 4.71. The standard InChI is InChI=1S/C27H26N4O3/c1-19-16-24(18-29-28-17-23-6-4-5-7-27(23)34-3)20(2)30(19)25-12-8-21(9-13-25)22-10-14-26(15-11-22)31(32)33/h4-16,18,28H,17H2,1-3H3/b29-18-. The van der Waals surface area contributed by atoms with E-state index in [2.05, 4.69) is 47.1 Å². The molecule has 0 saturated carbocycles. The molecule has 0 saturated heterocycles. The summed E-state index contributed by atoms with van der Waals surface area (Å²) in [5, 5.41) is 15.3. The van der Waals surface area contributed by atoms with Gasteiger partial charge in [0.05, 0.1) is 24.8 Å². The molecule has 0 aliphatic carbocycles. The Labute approximate surface area is 198 Å². The van der Waals surface area contributed by atoms with Gasteiger partial charge in [0.15, 0.2) is 0 Å². The van der Waals surface area contributed by atoms with E-state index in [4.69, 9.17) is 4.74 Å². The van der Waals surface area contributed by atoms with Crippen molar-refractivity contribution in [3.8, 4) is 22.6 Å². The summed E-state index contributed by atoms with van der Waals surface area (Å²) in [5.41, 5.74) is 10.4. The number of non-ortho nitro benzene ring substituents is 1. The minimum absolute atomic E-state index is 0.0885. The van der Waals surface area contributed by atoms with E-state index in [1.807, 2.05) is 42.6 Å². The maximum atomic E-state index is 10.9. The van der Waals surface area contributed by atoms with E-state index in [0.29, 0.717) is 6.54 Å². The number of nitrogens with one attached hydrogen (secondary N) is 1. The summed E-state index contributed by atoms with van der Waals surface area (Å²) >= 11 is 0. The molecule has 172 valence electrons. The highest BCUT2D eigenvalue weighted by Crippen LogP contribution is 2.26. The zero-order chi connectivity index (χ0) is 24.1. The zero-order valence-electron chi connectivity index (χ0n) is 19.4. The minimum atomic E-state index is -0.389. The molecule has 0 atom stereocenters. The van der Waals surface area contributed by atoms with Crippen LogP contribution in [0.25, 0.3) is 16.8 Å². The number of nitro groups is 1. The molecule has 1 heterocycles. The molecule has 7 nitrogen and oxygen atoms in total. The molecule has 34 heavy (non-hydrogen) atoms. The molecule has 0 aliphatic heterocycles.